The van der Waals surface area contributed by atoms with Gasteiger partial charge in [-0.2, -0.15) is 0 Å². The molecule has 1 amide bonds. The highest BCUT2D eigenvalue weighted by Gasteiger charge is 2.15. The molecule has 0 atom stereocenters. The molecule has 0 bridgehead atoms. The van der Waals surface area contributed by atoms with Crippen molar-refractivity contribution in [3.05, 3.63) is 87.1 Å². The summed E-state index contributed by atoms with van der Waals surface area (Å²) < 4.78 is 1.48. The van der Waals surface area contributed by atoms with Crippen LogP contribution in [0.3, 0.4) is 0 Å². The fourth-order valence-electron chi connectivity index (χ4n) is 3.08. The normalized spacial score (nSPS) is 11.0. The van der Waals surface area contributed by atoms with E-state index in [0.29, 0.717) is 31.8 Å². The van der Waals surface area contributed by atoms with E-state index >= 15 is 0 Å². The van der Waals surface area contributed by atoms with Crippen molar-refractivity contribution < 1.29 is 4.79 Å². The van der Waals surface area contributed by atoms with Crippen molar-refractivity contribution >= 4 is 69.2 Å². The molecule has 0 aliphatic heterocycles. The summed E-state index contributed by atoms with van der Waals surface area (Å²) in [6, 6.07) is 19.5. The van der Waals surface area contributed by atoms with Gasteiger partial charge in [-0.3, -0.25) is 14.2 Å². The predicted octanol–water partition coefficient (Wildman–Crippen LogP) is 6.15. The Kier molecular flexibility index (Phi) is 7.10. The lowest BCUT2D eigenvalue weighted by atomic mass is 10.2. The Morgan fingerprint density at radius 3 is 2.53 bits per heavy atom. The SMILES string of the molecule is CSc1cccc(NC(=O)CSc2nc3cc(Cl)ccc3c(=O)n2-c2ccc(Cl)cc2)c1. The standard InChI is InChI=1S/C23H17Cl2N3O2S2/c1-31-18-4-2-3-16(12-18)26-21(29)13-32-23-27-20-11-15(25)7-10-19(20)22(30)28(23)17-8-5-14(24)6-9-17/h2-12H,13H2,1H3,(H,26,29). The van der Waals surface area contributed by atoms with E-state index in [1.54, 1.807) is 54.2 Å². The molecule has 0 aliphatic rings. The van der Waals surface area contributed by atoms with Gasteiger partial charge < -0.3 is 5.32 Å². The smallest absolute Gasteiger partial charge is 0.266 e. The number of carbonyl (C=O) groups is 1. The maximum absolute atomic E-state index is 13.3. The second-order valence-electron chi connectivity index (χ2n) is 6.74. The molecule has 4 aromatic rings. The average molecular weight is 502 g/mol. The number of hydrogen-bond acceptors (Lipinski definition) is 5. The monoisotopic (exact) mass is 501 g/mol. The van der Waals surface area contributed by atoms with Crippen molar-refractivity contribution in [2.75, 3.05) is 17.3 Å². The van der Waals surface area contributed by atoms with Gasteiger partial charge in [-0.1, -0.05) is 41.0 Å². The van der Waals surface area contributed by atoms with E-state index in [9.17, 15) is 9.59 Å². The number of nitrogens with one attached hydrogen (secondary N) is 1. The Morgan fingerprint density at radius 1 is 1.03 bits per heavy atom. The second kappa shape index (κ2) is 10.0. The molecule has 9 heteroatoms. The molecule has 3 aromatic carbocycles. The lowest BCUT2D eigenvalue weighted by Gasteiger charge is -2.13. The van der Waals surface area contributed by atoms with Gasteiger partial charge in [-0.25, -0.2) is 4.98 Å². The molecule has 0 aliphatic carbocycles. The van der Waals surface area contributed by atoms with E-state index in [1.807, 2.05) is 30.5 Å². The molecule has 32 heavy (non-hydrogen) atoms. The van der Waals surface area contributed by atoms with E-state index in [-0.39, 0.29) is 17.2 Å². The van der Waals surface area contributed by atoms with Crippen molar-refractivity contribution in [3.63, 3.8) is 0 Å². The number of nitrogens with zero attached hydrogens (tertiary/aromatic N) is 2. The molecule has 1 heterocycles. The lowest BCUT2D eigenvalue weighted by molar-refractivity contribution is -0.113. The quantitative estimate of drug-likeness (QED) is 0.253. The number of carbonyl (C=O) groups excluding carboxylic acids is 1. The zero-order valence-electron chi connectivity index (χ0n) is 16.8. The zero-order chi connectivity index (χ0) is 22.7. The first kappa shape index (κ1) is 22.7. The number of thioether (sulfide) groups is 2. The minimum atomic E-state index is -0.246. The molecule has 0 unspecified atom stereocenters. The molecule has 1 aromatic heterocycles. The van der Waals surface area contributed by atoms with Gasteiger partial charge in [0.1, 0.15) is 0 Å². The lowest BCUT2D eigenvalue weighted by Crippen LogP contribution is -2.23. The highest BCUT2D eigenvalue weighted by atomic mass is 35.5. The first-order chi connectivity index (χ1) is 15.4. The third-order valence-electron chi connectivity index (χ3n) is 4.57. The largest absolute Gasteiger partial charge is 0.325 e. The first-order valence-corrected chi connectivity index (χ1v) is 12.5. The fourth-order valence-corrected chi connectivity index (χ4v) is 4.65. The highest BCUT2D eigenvalue weighted by molar-refractivity contribution is 7.99. The van der Waals surface area contributed by atoms with Crippen LogP contribution in [0.25, 0.3) is 16.6 Å². The van der Waals surface area contributed by atoms with Crippen molar-refractivity contribution in [1.29, 1.82) is 0 Å². The van der Waals surface area contributed by atoms with Gasteiger partial charge in [0.25, 0.3) is 5.56 Å². The molecule has 0 radical (unpaired) electrons. The van der Waals surface area contributed by atoms with Crippen molar-refractivity contribution in [3.8, 4) is 5.69 Å². The van der Waals surface area contributed by atoms with Crippen LogP contribution >= 0.6 is 46.7 Å². The summed E-state index contributed by atoms with van der Waals surface area (Å²) in [6.45, 7) is 0. The number of rotatable bonds is 6. The van der Waals surface area contributed by atoms with Crippen LogP contribution in [0.15, 0.2) is 81.6 Å². The van der Waals surface area contributed by atoms with Crippen LogP contribution in [0.2, 0.25) is 10.0 Å². The Bertz CT molecular complexity index is 1360. The summed E-state index contributed by atoms with van der Waals surface area (Å²) in [6.07, 6.45) is 1.98. The Balaban J connectivity index is 1.67. The van der Waals surface area contributed by atoms with Crippen LogP contribution in [0.5, 0.6) is 0 Å². The van der Waals surface area contributed by atoms with Gasteiger partial charge >= 0.3 is 0 Å². The van der Waals surface area contributed by atoms with Gasteiger partial charge in [0.2, 0.25) is 5.91 Å². The number of hydrogen-bond donors (Lipinski definition) is 1. The van der Waals surface area contributed by atoms with E-state index < -0.39 is 0 Å². The molecule has 4 rings (SSSR count). The van der Waals surface area contributed by atoms with Crippen LogP contribution < -0.4 is 10.9 Å². The van der Waals surface area contributed by atoms with Crippen LogP contribution in [-0.2, 0) is 4.79 Å². The van der Waals surface area contributed by atoms with Gasteiger partial charge in [-0.05, 0) is 66.9 Å². The molecule has 5 nitrogen and oxygen atoms in total. The van der Waals surface area contributed by atoms with Crippen LogP contribution in [0.4, 0.5) is 5.69 Å². The number of aromatic nitrogens is 2. The maximum Gasteiger partial charge on any atom is 0.266 e. The number of halogens is 2. The van der Waals surface area contributed by atoms with Gasteiger partial charge in [-0.15, -0.1) is 11.8 Å². The minimum absolute atomic E-state index is 0.0790. The molecule has 0 spiro atoms. The third kappa shape index (κ3) is 5.13. The molecule has 162 valence electrons. The number of anilines is 1. The highest BCUT2D eigenvalue weighted by Crippen LogP contribution is 2.25. The average Bonchev–Trinajstić information content (AvgIpc) is 2.78. The molecule has 0 fully saturated rings. The number of amides is 1. The van der Waals surface area contributed by atoms with Crippen LogP contribution in [-0.4, -0.2) is 27.5 Å². The summed E-state index contributed by atoms with van der Waals surface area (Å²) in [5, 5.41) is 4.75. The number of benzene rings is 3. The Labute approximate surface area is 203 Å². The minimum Gasteiger partial charge on any atom is -0.325 e. The van der Waals surface area contributed by atoms with Gasteiger partial charge in [0, 0.05) is 20.6 Å². The topological polar surface area (TPSA) is 64.0 Å². The fraction of sp³-hybridized carbons (Fsp3) is 0.0870. The van der Waals surface area contributed by atoms with Crippen LogP contribution in [0.1, 0.15) is 0 Å². The Morgan fingerprint density at radius 2 is 1.78 bits per heavy atom. The summed E-state index contributed by atoms with van der Waals surface area (Å²) in [5.74, 6) is -0.119. The predicted molar refractivity (Wildman–Crippen MR) is 135 cm³/mol. The zero-order valence-corrected chi connectivity index (χ0v) is 20.0. The van der Waals surface area contributed by atoms with Crippen LogP contribution in [0, 0.1) is 0 Å². The number of fused-ring (bicyclic) bond motifs is 1. The van der Waals surface area contributed by atoms with E-state index in [1.165, 1.54) is 16.3 Å². The molecule has 0 saturated carbocycles. The maximum atomic E-state index is 13.3. The molecular weight excluding hydrogens is 485 g/mol. The first-order valence-electron chi connectivity index (χ1n) is 9.49. The summed E-state index contributed by atoms with van der Waals surface area (Å²) in [5.41, 5.74) is 1.56. The van der Waals surface area contributed by atoms with E-state index in [0.717, 1.165) is 10.6 Å². The van der Waals surface area contributed by atoms with Crippen molar-refractivity contribution in [1.82, 2.24) is 9.55 Å². The second-order valence-corrected chi connectivity index (χ2v) is 9.44. The van der Waals surface area contributed by atoms with Gasteiger partial charge in [0.15, 0.2) is 5.16 Å². The van der Waals surface area contributed by atoms with Crippen molar-refractivity contribution in [2.45, 2.75) is 10.1 Å². The summed E-state index contributed by atoms with van der Waals surface area (Å²) in [7, 11) is 0. The van der Waals surface area contributed by atoms with E-state index in [2.05, 4.69) is 10.3 Å². The summed E-state index contributed by atoms with van der Waals surface area (Å²) in [4.78, 5) is 31.6. The molecule has 1 N–H and O–H groups in total. The Hall–Kier alpha value is -2.45. The molecule has 0 saturated heterocycles. The third-order valence-corrected chi connectivity index (χ3v) is 6.72. The molecular formula is C23H17Cl2N3O2S2. The van der Waals surface area contributed by atoms with Crippen molar-refractivity contribution in [2.24, 2.45) is 0 Å². The summed E-state index contributed by atoms with van der Waals surface area (Å²) >= 11 is 14.9. The van der Waals surface area contributed by atoms with Gasteiger partial charge in [0.05, 0.1) is 22.3 Å². The van der Waals surface area contributed by atoms with E-state index in [4.69, 9.17) is 23.2 Å².